The van der Waals surface area contributed by atoms with Crippen LogP contribution in [0.5, 0.6) is 0 Å². The Balaban J connectivity index is 4.12. The predicted molar refractivity (Wildman–Crippen MR) is 22.8 cm³/mol. The lowest BCUT2D eigenvalue weighted by molar-refractivity contribution is -0.159. The fraction of sp³-hybridized carbons (Fsp3) is 0.333. The SMILES string of the molecule is NC(O)(C=O)C(=O)O. The number of rotatable bonds is 2. The van der Waals surface area contributed by atoms with Crippen LogP contribution in [0.1, 0.15) is 0 Å². The van der Waals surface area contributed by atoms with E-state index in [0.717, 1.165) is 0 Å². The minimum absolute atomic E-state index is 0.255. The molecule has 0 spiro atoms. The first-order valence-electron chi connectivity index (χ1n) is 1.71. The molecule has 0 aromatic rings. The smallest absolute Gasteiger partial charge is 0.358 e. The lowest BCUT2D eigenvalue weighted by atomic mass is 10.3. The van der Waals surface area contributed by atoms with Crippen LogP contribution in [-0.4, -0.2) is 28.2 Å². The van der Waals surface area contributed by atoms with E-state index in [2.05, 4.69) is 5.73 Å². The van der Waals surface area contributed by atoms with Crippen molar-refractivity contribution in [2.45, 2.75) is 5.72 Å². The van der Waals surface area contributed by atoms with Crippen molar-refractivity contribution in [3.8, 4) is 0 Å². The van der Waals surface area contributed by atoms with Gasteiger partial charge < -0.3 is 10.2 Å². The number of carboxylic acids is 1. The third-order valence-corrected chi connectivity index (χ3v) is 0.522. The van der Waals surface area contributed by atoms with Crippen LogP contribution < -0.4 is 5.73 Å². The molecule has 0 saturated carbocycles. The molecular weight excluding hydrogens is 114 g/mol. The zero-order valence-electron chi connectivity index (χ0n) is 3.87. The predicted octanol–water partition coefficient (Wildman–Crippen LogP) is -2.08. The molecule has 0 bridgehead atoms. The van der Waals surface area contributed by atoms with Gasteiger partial charge in [0.15, 0.2) is 6.29 Å². The van der Waals surface area contributed by atoms with Crippen molar-refractivity contribution in [2.75, 3.05) is 0 Å². The molecule has 0 aliphatic heterocycles. The molecule has 0 radical (unpaired) electrons. The number of aldehydes is 1. The van der Waals surface area contributed by atoms with Gasteiger partial charge in [-0.05, 0) is 0 Å². The van der Waals surface area contributed by atoms with Crippen molar-refractivity contribution in [3.63, 3.8) is 0 Å². The first kappa shape index (κ1) is 7.06. The molecule has 0 saturated heterocycles. The quantitative estimate of drug-likeness (QED) is 0.220. The molecule has 5 nitrogen and oxygen atoms in total. The third-order valence-electron chi connectivity index (χ3n) is 0.522. The van der Waals surface area contributed by atoms with Gasteiger partial charge in [-0.1, -0.05) is 0 Å². The monoisotopic (exact) mass is 119 g/mol. The molecule has 46 valence electrons. The van der Waals surface area contributed by atoms with Crippen molar-refractivity contribution in [3.05, 3.63) is 0 Å². The van der Waals surface area contributed by atoms with Gasteiger partial charge in [-0.25, -0.2) is 4.79 Å². The molecule has 0 aliphatic rings. The first-order chi connectivity index (χ1) is 3.50. The van der Waals surface area contributed by atoms with Gasteiger partial charge in [0.25, 0.3) is 5.72 Å². The Morgan fingerprint density at radius 1 is 1.75 bits per heavy atom. The summed E-state index contributed by atoms with van der Waals surface area (Å²) >= 11 is 0. The highest BCUT2D eigenvalue weighted by Gasteiger charge is 2.29. The van der Waals surface area contributed by atoms with Crippen LogP contribution >= 0.6 is 0 Å². The molecule has 1 atom stereocenters. The van der Waals surface area contributed by atoms with Crippen molar-refractivity contribution in [1.29, 1.82) is 0 Å². The van der Waals surface area contributed by atoms with E-state index in [1.165, 1.54) is 0 Å². The summed E-state index contributed by atoms with van der Waals surface area (Å²) in [5.41, 5.74) is 1.72. The number of hydrogen-bond donors (Lipinski definition) is 3. The molecule has 0 fully saturated rings. The van der Waals surface area contributed by atoms with Crippen molar-refractivity contribution in [1.82, 2.24) is 0 Å². The molecular formula is C3H5NO4. The lowest BCUT2D eigenvalue weighted by Gasteiger charge is -2.06. The van der Waals surface area contributed by atoms with Gasteiger partial charge >= 0.3 is 5.97 Å². The Bertz CT molecular complexity index is 118. The van der Waals surface area contributed by atoms with E-state index in [-0.39, 0.29) is 6.29 Å². The second kappa shape index (κ2) is 1.89. The summed E-state index contributed by atoms with van der Waals surface area (Å²) < 4.78 is 0. The number of carbonyl (C=O) groups is 2. The minimum atomic E-state index is -2.72. The normalized spacial score (nSPS) is 16.8. The van der Waals surface area contributed by atoms with Crippen LogP contribution in [0, 0.1) is 0 Å². The summed E-state index contributed by atoms with van der Waals surface area (Å²) in [4.78, 5) is 19.2. The fourth-order valence-corrected chi connectivity index (χ4v) is 0.0504. The van der Waals surface area contributed by atoms with E-state index in [1.807, 2.05) is 0 Å². The zero-order chi connectivity index (χ0) is 6.78. The van der Waals surface area contributed by atoms with Gasteiger partial charge in [0.2, 0.25) is 0 Å². The third kappa shape index (κ3) is 1.28. The molecule has 0 heterocycles. The Kier molecular flexibility index (Phi) is 1.67. The van der Waals surface area contributed by atoms with Crippen LogP contribution in [0.4, 0.5) is 0 Å². The Labute approximate surface area is 44.7 Å². The molecule has 0 aromatic heterocycles. The van der Waals surface area contributed by atoms with Crippen LogP contribution in [0.25, 0.3) is 0 Å². The number of nitrogens with two attached hydrogens (primary N) is 1. The molecule has 5 heteroatoms. The number of carboxylic acid groups (broad SMARTS) is 1. The molecule has 4 N–H and O–H groups in total. The van der Waals surface area contributed by atoms with Gasteiger partial charge in [-0.15, -0.1) is 0 Å². The largest absolute Gasteiger partial charge is 0.478 e. The van der Waals surface area contributed by atoms with Gasteiger partial charge in [0, 0.05) is 0 Å². The maximum absolute atomic E-state index is 9.65. The van der Waals surface area contributed by atoms with Gasteiger partial charge in [0.05, 0.1) is 0 Å². The van der Waals surface area contributed by atoms with Crippen LogP contribution in [0.15, 0.2) is 0 Å². The minimum Gasteiger partial charge on any atom is -0.478 e. The van der Waals surface area contributed by atoms with E-state index in [9.17, 15) is 9.59 Å². The summed E-state index contributed by atoms with van der Waals surface area (Å²) in [5.74, 6) is -1.76. The molecule has 0 amide bonds. The first-order valence-corrected chi connectivity index (χ1v) is 1.71. The molecule has 8 heavy (non-hydrogen) atoms. The second-order valence-corrected chi connectivity index (χ2v) is 1.25. The van der Waals surface area contributed by atoms with Crippen LogP contribution in [0.3, 0.4) is 0 Å². The maximum Gasteiger partial charge on any atom is 0.358 e. The van der Waals surface area contributed by atoms with Crippen molar-refractivity contribution < 1.29 is 19.8 Å². The fourth-order valence-electron chi connectivity index (χ4n) is 0.0504. The van der Waals surface area contributed by atoms with E-state index in [1.54, 1.807) is 0 Å². The van der Waals surface area contributed by atoms with Crippen molar-refractivity contribution >= 4 is 12.3 Å². The highest BCUT2D eigenvalue weighted by atomic mass is 16.4. The van der Waals surface area contributed by atoms with Gasteiger partial charge in [0.1, 0.15) is 0 Å². The summed E-state index contributed by atoms with van der Waals surface area (Å²) in [5, 5.41) is 16.0. The number of hydrogen-bond acceptors (Lipinski definition) is 4. The van der Waals surface area contributed by atoms with Gasteiger partial charge in [-0.2, -0.15) is 0 Å². The average molecular weight is 119 g/mol. The average Bonchev–Trinajstić information content (AvgIpc) is 1.67. The molecule has 0 aromatic carbocycles. The molecule has 1 unspecified atom stereocenters. The summed E-state index contributed by atoms with van der Waals surface area (Å²) in [6.45, 7) is 0. The number of carbonyl (C=O) groups excluding carboxylic acids is 1. The number of aliphatic hydroxyl groups is 1. The van der Waals surface area contributed by atoms with Crippen molar-refractivity contribution in [2.24, 2.45) is 5.73 Å². The topological polar surface area (TPSA) is 101 Å². The Hall–Kier alpha value is -0.940. The van der Waals surface area contributed by atoms with E-state index in [4.69, 9.17) is 10.2 Å². The lowest BCUT2D eigenvalue weighted by Crippen LogP contribution is -2.49. The summed E-state index contributed by atoms with van der Waals surface area (Å²) in [7, 11) is 0. The summed E-state index contributed by atoms with van der Waals surface area (Å²) in [6, 6.07) is 0. The van der Waals surface area contributed by atoms with Gasteiger partial charge in [-0.3, -0.25) is 10.5 Å². The zero-order valence-corrected chi connectivity index (χ0v) is 3.87. The Morgan fingerprint density at radius 2 is 2.12 bits per heavy atom. The highest BCUT2D eigenvalue weighted by molar-refractivity contribution is 5.94. The van der Waals surface area contributed by atoms with E-state index >= 15 is 0 Å². The summed E-state index contributed by atoms with van der Waals surface area (Å²) in [6.07, 6.45) is -0.255. The van der Waals surface area contributed by atoms with Crippen LogP contribution in [0.2, 0.25) is 0 Å². The molecule has 0 rings (SSSR count). The highest BCUT2D eigenvalue weighted by Crippen LogP contribution is 1.85. The maximum atomic E-state index is 9.65. The van der Waals surface area contributed by atoms with Crippen LogP contribution in [-0.2, 0) is 9.59 Å². The Morgan fingerprint density at radius 3 is 2.12 bits per heavy atom. The standard InChI is InChI=1S/C3H5NO4/c4-3(8,1-5)2(6)7/h1,8H,4H2,(H,6,7). The molecule has 0 aliphatic carbocycles. The second-order valence-electron chi connectivity index (χ2n) is 1.25. The van der Waals surface area contributed by atoms with E-state index in [0.29, 0.717) is 0 Å². The van der Waals surface area contributed by atoms with E-state index < -0.39 is 11.7 Å². The number of aliphatic carboxylic acids is 1.